The summed E-state index contributed by atoms with van der Waals surface area (Å²) in [6.07, 6.45) is 4.86. The van der Waals surface area contributed by atoms with Crippen LogP contribution in [0.4, 0.5) is 0 Å². The van der Waals surface area contributed by atoms with E-state index in [0.717, 1.165) is 35.2 Å². The number of nitrogens with one attached hydrogen (secondary N) is 2. The first-order chi connectivity index (χ1) is 9.79. The van der Waals surface area contributed by atoms with Gasteiger partial charge in [-0.1, -0.05) is 6.42 Å². The highest BCUT2D eigenvalue weighted by molar-refractivity contribution is 5.85. The van der Waals surface area contributed by atoms with Gasteiger partial charge in [-0.15, -0.1) is 0 Å². The quantitative estimate of drug-likeness (QED) is 0.803. The maximum atomic E-state index is 10.6. The second-order valence-electron chi connectivity index (χ2n) is 5.39. The van der Waals surface area contributed by atoms with Gasteiger partial charge >= 0.3 is 0 Å². The second-order valence-corrected chi connectivity index (χ2v) is 5.39. The van der Waals surface area contributed by atoms with Crippen LogP contribution < -0.4 is 10.1 Å². The van der Waals surface area contributed by atoms with E-state index < -0.39 is 6.10 Å². The molecule has 0 amide bonds. The van der Waals surface area contributed by atoms with Crippen LogP contribution in [0.1, 0.15) is 37.9 Å². The van der Waals surface area contributed by atoms with Crippen LogP contribution in [0.5, 0.6) is 5.75 Å². The van der Waals surface area contributed by atoms with Gasteiger partial charge < -0.3 is 20.1 Å². The van der Waals surface area contributed by atoms with Crippen molar-refractivity contribution in [3.63, 3.8) is 0 Å². The van der Waals surface area contributed by atoms with E-state index in [2.05, 4.69) is 10.3 Å². The molecule has 4 nitrogen and oxygen atoms in total. The molecule has 108 valence electrons. The molecule has 2 atom stereocenters. The number of benzene rings is 1. The molecule has 20 heavy (non-hydrogen) atoms. The molecule has 2 heterocycles. The maximum absolute atomic E-state index is 10.6. The molecular weight excluding hydrogens is 252 g/mol. The van der Waals surface area contributed by atoms with Gasteiger partial charge in [-0.05, 0) is 44.5 Å². The van der Waals surface area contributed by atoms with Crippen LogP contribution in [0.3, 0.4) is 0 Å². The topological polar surface area (TPSA) is 57.3 Å². The molecule has 1 aromatic carbocycles. The number of hydrogen-bond acceptors (Lipinski definition) is 3. The van der Waals surface area contributed by atoms with Crippen LogP contribution in [0.2, 0.25) is 0 Å². The monoisotopic (exact) mass is 274 g/mol. The molecule has 0 aliphatic carbocycles. The van der Waals surface area contributed by atoms with Crippen LogP contribution in [0.15, 0.2) is 24.4 Å². The van der Waals surface area contributed by atoms with E-state index in [0.29, 0.717) is 6.61 Å². The Morgan fingerprint density at radius 3 is 3.05 bits per heavy atom. The fraction of sp³-hybridized carbons (Fsp3) is 0.500. The van der Waals surface area contributed by atoms with Gasteiger partial charge in [0.05, 0.1) is 12.7 Å². The Balaban J connectivity index is 1.91. The van der Waals surface area contributed by atoms with Gasteiger partial charge in [0.15, 0.2) is 0 Å². The van der Waals surface area contributed by atoms with E-state index in [1.165, 1.54) is 12.8 Å². The van der Waals surface area contributed by atoms with Crippen molar-refractivity contribution in [2.75, 3.05) is 13.2 Å². The van der Waals surface area contributed by atoms with E-state index >= 15 is 0 Å². The Hall–Kier alpha value is -1.52. The number of H-pyrrole nitrogens is 1. The molecule has 2 unspecified atom stereocenters. The number of rotatable bonds is 4. The van der Waals surface area contributed by atoms with Gasteiger partial charge in [0.1, 0.15) is 5.75 Å². The van der Waals surface area contributed by atoms with E-state index in [1.807, 2.05) is 31.3 Å². The molecular formula is C16H22N2O2. The lowest BCUT2D eigenvalue weighted by molar-refractivity contribution is 0.115. The molecule has 1 aliphatic heterocycles. The highest BCUT2D eigenvalue weighted by Gasteiger charge is 2.24. The van der Waals surface area contributed by atoms with Gasteiger partial charge in [0, 0.05) is 28.7 Å². The minimum Gasteiger partial charge on any atom is -0.494 e. The molecule has 1 saturated heterocycles. The zero-order chi connectivity index (χ0) is 13.9. The lowest BCUT2D eigenvalue weighted by Crippen LogP contribution is -2.38. The van der Waals surface area contributed by atoms with Gasteiger partial charge in [-0.2, -0.15) is 0 Å². The summed E-state index contributed by atoms with van der Waals surface area (Å²) in [7, 11) is 0. The average Bonchev–Trinajstić information content (AvgIpc) is 2.91. The normalized spacial score (nSPS) is 21.0. The Morgan fingerprint density at radius 1 is 1.40 bits per heavy atom. The molecule has 0 saturated carbocycles. The van der Waals surface area contributed by atoms with Crippen LogP contribution in [0, 0.1) is 0 Å². The zero-order valence-corrected chi connectivity index (χ0v) is 11.9. The molecule has 2 aromatic rings. The summed E-state index contributed by atoms with van der Waals surface area (Å²) >= 11 is 0. The highest BCUT2D eigenvalue weighted by Crippen LogP contribution is 2.31. The third kappa shape index (κ3) is 2.53. The van der Waals surface area contributed by atoms with Crippen molar-refractivity contribution < 1.29 is 9.84 Å². The molecule has 0 spiro atoms. The summed E-state index contributed by atoms with van der Waals surface area (Å²) in [5.41, 5.74) is 2.00. The lowest BCUT2D eigenvalue weighted by atomic mass is 9.94. The highest BCUT2D eigenvalue weighted by atomic mass is 16.5. The molecule has 1 aliphatic rings. The summed E-state index contributed by atoms with van der Waals surface area (Å²) in [6.45, 7) is 3.62. The number of aromatic nitrogens is 1. The first-order valence-corrected chi connectivity index (χ1v) is 7.45. The number of aliphatic hydroxyl groups is 1. The summed E-state index contributed by atoms with van der Waals surface area (Å²) in [6, 6.07) is 6.12. The van der Waals surface area contributed by atoms with Crippen LogP contribution >= 0.6 is 0 Å². The van der Waals surface area contributed by atoms with E-state index in [1.54, 1.807) is 0 Å². The largest absolute Gasteiger partial charge is 0.494 e. The SMILES string of the molecule is CCOc1ccc2[nH]cc(C(O)C3CCCCN3)c2c1. The molecule has 0 bridgehead atoms. The Morgan fingerprint density at radius 2 is 2.30 bits per heavy atom. The van der Waals surface area contributed by atoms with Crippen molar-refractivity contribution >= 4 is 10.9 Å². The summed E-state index contributed by atoms with van der Waals surface area (Å²) < 4.78 is 5.55. The van der Waals surface area contributed by atoms with E-state index in [4.69, 9.17) is 4.74 Å². The van der Waals surface area contributed by atoms with Crippen molar-refractivity contribution in [2.24, 2.45) is 0 Å². The third-order valence-corrected chi connectivity index (χ3v) is 4.04. The van der Waals surface area contributed by atoms with Crippen molar-refractivity contribution in [2.45, 2.75) is 38.3 Å². The molecule has 1 fully saturated rings. The fourth-order valence-corrected chi connectivity index (χ4v) is 2.99. The van der Waals surface area contributed by atoms with Crippen LogP contribution in [-0.4, -0.2) is 29.3 Å². The Bertz CT molecular complexity index is 573. The first kappa shape index (κ1) is 13.5. The minimum absolute atomic E-state index is 0.151. The van der Waals surface area contributed by atoms with Gasteiger partial charge in [-0.25, -0.2) is 0 Å². The lowest BCUT2D eigenvalue weighted by Gasteiger charge is -2.27. The predicted molar refractivity (Wildman–Crippen MR) is 80.1 cm³/mol. The Kier molecular flexibility index (Phi) is 3.94. The predicted octanol–water partition coefficient (Wildman–Crippen LogP) is 2.74. The molecule has 4 heteroatoms. The minimum atomic E-state index is -0.471. The van der Waals surface area contributed by atoms with Crippen molar-refractivity contribution in [1.29, 1.82) is 0 Å². The standard InChI is InChI=1S/C16H22N2O2/c1-2-20-11-6-7-14-12(9-11)13(10-18-14)16(19)15-5-3-4-8-17-15/h6-7,9-10,15-19H,2-5,8H2,1H3. The van der Waals surface area contributed by atoms with Crippen molar-refractivity contribution in [3.8, 4) is 5.75 Å². The number of hydrogen-bond donors (Lipinski definition) is 3. The maximum Gasteiger partial charge on any atom is 0.120 e. The summed E-state index contributed by atoms with van der Waals surface area (Å²) in [4.78, 5) is 3.23. The van der Waals surface area contributed by atoms with Crippen LogP contribution in [0.25, 0.3) is 10.9 Å². The first-order valence-electron chi connectivity index (χ1n) is 7.45. The number of ether oxygens (including phenoxy) is 1. The van der Waals surface area contributed by atoms with E-state index in [9.17, 15) is 5.11 Å². The van der Waals surface area contributed by atoms with Gasteiger partial charge in [-0.3, -0.25) is 0 Å². The smallest absolute Gasteiger partial charge is 0.120 e. The molecule has 0 radical (unpaired) electrons. The van der Waals surface area contributed by atoms with Crippen molar-refractivity contribution in [3.05, 3.63) is 30.0 Å². The third-order valence-electron chi connectivity index (χ3n) is 4.04. The van der Waals surface area contributed by atoms with E-state index in [-0.39, 0.29) is 6.04 Å². The summed E-state index contributed by atoms with van der Waals surface area (Å²) in [5, 5.41) is 15.1. The molecule has 3 N–H and O–H groups in total. The average molecular weight is 274 g/mol. The van der Waals surface area contributed by atoms with Gasteiger partial charge in [0.2, 0.25) is 0 Å². The summed E-state index contributed by atoms with van der Waals surface area (Å²) in [5.74, 6) is 0.852. The molecule has 1 aromatic heterocycles. The zero-order valence-electron chi connectivity index (χ0n) is 11.9. The number of aromatic amines is 1. The molecule has 3 rings (SSSR count). The number of piperidine rings is 1. The Labute approximate surface area is 119 Å². The van der Waals surface area contributed by atoms with Crippen molar-refractivity contribution in [1.82, 2.24) is 10.3 Å². The second kappa shape index (κ2) is 5.85. The number of aliphatic hydroxyl groups excluding tert-OH is 1. The van der Waals surface area contributed by atoms with Crippen LogP contribution in [-0.2, 0) is 0 Å². The van der Waals surface area contributed by atoms with Gasteiger partial charge in [0.25, 0.3) is 0 Å². The number of fused-ring (bicyclic) bond motifs is 1. The fourth-order valence-electron chi connectivity index (χ4n) is 2.99.